The maximum absolute atomic E-state index is 11.7. The second-order valence-electron chi connectivity index (χ2n) is 3.33. The van der Waals surface area contributed by atoms with Crippen LogP contribution in [-0.4, -0.2) is 28.8 Å². The maximum atomic E-state index is 11.7. The maximum Gasteiger partial charge on any atom is 0.171 e. The first-order valence-corrected chi connectivity index (χ1v) is 4.38. The lowest BCUT2D eigenvalue weighted by atomic mass is 10.00. The van der Waals surface area contributed by atoms with Gasteiger partial charge < -0.3 is 4.74 Å². The van der Waals surface area contributed by atoms with Gasteiger partial charge in [-0.3, -0.25) is 9.48 Å². The van der Waals surface area contributed by atoms with E-state index in [9.17, 15) is 4.79 Å². The molecule has 0 radical (unpaired) electrons. The van der Waals surface area contributed by atoms with E-state index in [1.165, 1.54) is 0 Å². The fourth-order valence-corrected chi connectivity index (χ4v) is 1.53. The summed E-state index contributed by atoms with van der Waals surface area (Å²) in [6.45, 7) is 1.27. The van der Waals surface area contributed by atoms with E-state index < -0.39 is 0 Å². The molecule has 4 heteroatoms. The van der Waals surface area contributed by atoms with Crippen LogP contribution >= 0.6 is 0 Å². The number of Topliss-reactive ketones (excluding diaryl/α,β-unsaturated/α-hetero) is 1. The van der Waals surface area contributed by atoms with Crippen LogP contribution in [0.4, 0.5) is 0 Å². The van der Waals surface area contributed by atoms with Crippen LogP contribution in [-0.2, 0) is 11.8 Å². The van der Waals surface area contributed by atoms with Gasteiger partial charge in [0.05, 0.1) is 18.4 Å². The minimum Gasteiger partial charge on any atom is -0.381 e. The third kappa shape index (κ3) is 1.62. The predicted octanol–water partition coefficient (Wildman–Crippen LogP) is 0.639. The second kappa shape index (κ2) is 3.30. The molecule has 1 fully saturated rings. The predicted molar refractivity (Wildman–Crippen MR) is 46.5 cm³/mol. The molecule has 0 spiro atoms. The van der Waals surface area contributed by atoms with Crippen LogP contribution in [0.5, 0.6) is 0 Å². The van der Waals surface area contributed by atoms with Crippen LogP contribution in [0.15, 0.2) is 12.4 Å². The van der Waals surface area contributed by atoms with E-state index in [4.69, 9.17) is 4.74 Å². The van der Waals surface area contributed by atoms with Crippen molar-refractivity contribution in [3.8, 4) is 0 Å². The molecule has 0 bridgehead atoms. The summed E-state index contributed by atoms with van der Waals surface area (Å²) in [6, 6.07) is 0. The molecule has 2 heterocycles. The Morgan fingerprint density at radius 2 is 2.62 bits per heavy atom. The molecule has 1 aliphatic heterocycles. The number of hydrogen-bond acceptors (Lipinski definition) is 3. The van der Waals surface area contributed by atoms with Gasteiger partial charge in [-0.2, -0.15) is 5.10 Å². The Hall–Kier alpha value is -1.16. The summed E-state index contributed by atoms with van der Waals surface area (Å²) in [5, 5.41) is 3.96. The van der Waals surface area contributed by atoms with Gasteiger partial charge >= 0.3 is 0 Å². The topological polar surface area (TPSA) is 44.1 Å². The molecule has 2 rings (SSSR count). The average Bonchev–Trinajstić information content (AvgIpc) is 2.72. The van der Waals surface area contributed by atoms with E-state index >= 15 is 0 Å². The van der Waals surface area contributed by atoms with E-state index in [1.807, 2.05) is 7.05 Å². The number of rotatable bonds is 2. The first-order chi connectivity index (χ1) is 6.27. The average molecular weight is 180 g/mol. The van der Waals surface area contributed by atoms with Crippen molar-refractivity contribution in [2.75, 3.05) is 13.2 Å². The molecule has 0 saturated carbocycles. The van der Waals surface area contributed by atoms with E-state index in [1.54, 1.807) is 17.1 Å². The number of ether oxygens (including phenoxy) is 1. The van der Waals surface area contributed by atoms with Gasteiger partial charge in [-0.1, -0.05) is 0 Å². The molecule has 4 nitrogen and oxygen atoms in total. The molecule has 70 valence electrons. The number of nitrogens with zero attached hydrogens (tertiary/aromatic N) is 2. The van der Waals surface area contributed by atoms with Crippen LogP contribution in [0, 0.1) is 5.92 Å². The van der Waals surface area contributed by atoms with Gasteiger partial charge in [0.15, 0.2) is 5.78 Å². The monoisotopic (exact) mass is 180 g/mol. The molecule has 0 N–H and O–H groups in total. The fraction of sp³-hybridized carbons (Fsp3) is 0.556. The van der Waals surface area contributed by atoms with E-state index in [-0.39, 0.29) is 11.7 Å². The SMILES string of the molecule is Cn1cc(C(=O)C2CCOC2)cn1. The van der Waals surface area contributed by atoms with Crippen LogP contribution in [0.3, 0.4) is 0 Å². The lowest BCUT2D eigenvalue weighted by molar-refractivity contribution is 0.0900. The zero-order chi connectivity index (χ0) is 9.26. The quantitative estimate of drug-likeness (QED) is 0.627. The fourth-order valence-electron chi connectivity index (χ4n) is 1.53. The lowest BCUT2D eigenvalue weighted by Crippen LogP contribution is -2.13. The number of aromatic nitrogens is 2. The Morgan fingerprint density at radius 3 is 3.15 bits per heavy atom. The van der Waals surface area contributed by atoms with Gasteiger partial charge in [0.1, 0.15) is 0 Å². The Bertz CT molecular complexity index is 313. The van der Waals surface area contributed by atoms with E-state index in [0.717, 1.165) is 6.42 Å². The van der Waals surface area contributed by atoms with Crippen molar-refractivity contribution in [3.05, 3.63) is 18.0 Å². The molecular formula is C9H12N2O2. The summed E-state index contributed by atoms with van der Waals surface area (Å²) in [6.07, 6.45) is 4.20. The minimum atomic E-state index is 0.0456. The molecule has 1 aliphatic rings. The van der Waals surface area contributed by atoms with Gasteiger partial charge in [0, 0.05) is 25.8 Å². The van der Waals surface area contributed by atoms with Crippen molar-refractivity contribution in [2.45, 2.75) is 6.42 Å². The normalized spacial score (nSPS) is 22.1. The van der Waals surface area contributed by atoms with Crippen LogP contribution in [0.2, 0.25) is 0 Å². The summed E-state index contributed by atoms with van der Waals surface area (Å²) in [7, 11) is 1.81. The molecule has 0 aromatic carbocycles. The van der Waals surface area contributed by atoms with Gasteiger partial charge in [-0.15, -0.1) is 0 Å². The molecule has 1 aromatic rings. The highest BCUT2D eigenvalue weighted by Gasteiger charge is 2.25. The van der Waals surface area contributed by atoms with Crippen molar-refractivity contribution in [3.63, 3.8) is 0 Å². The molecule has 1 saturated heterocycles. The van der Waals surface area contributed by atoms with Crippen molar-refractivity contribution < 1.29 is 9.53 Å². The molecule has 1 atom stereocenters. The molecule has 0 amide bonds. The third-order valence-corrected chi connectivity index (χ3v) is 2.29. The number of aryl methyl sites for hydroxylation is 1. The van der Waals surface area contributed by atoms with Gasteiger partial charge in [0.2, 0.25) is 0 Å². The minimum absolute atomic E-state index is 0.0456. The largest absolute Gasteiger partial charge is 0.381 e. The van der Waals surface area contributed by atoms with Crippen LogP contribution in [0.1, 0.15) is 16.8 Å². The van der Waals surface area contributed by atoms with Gasteiger partial charge in [0.25, 0.3) is 0 Å². The first kappa shape index (κ1) is 8.44. The number of carbonyl (C=O) groups is 1. The first-order valence-electron chi connectivity index (χ1n) is 4.38. The second-order valence-corrected chi connectivity index (χ2v) is 3.33. The van der Waals surface area contributed by atoms with Crippen molar-refractivity contribution in [1.82, 2.24) is 9.78 Å². The van der Waals surface area contributed by atoms with Gasteiger partial charge in [-0.25, -0.2) is 0 Å². The Kier molecular flexibility index (Phi) is 2.14. The van der Waals surface area contributed by atoms with Crippen molar-refractivity contribution in [1.29, 1.82) is 0 Å². The van der Waals surface area contributed by atoms with Crippen LogP contribution < -0.4 is 0 Å². The Morgan fingerprint density at radius 1 is 1.77 bits per heavy atom. The molecular weight excluding hydrogens is 168 g/mol. The smallest absolute Gasteiger partial charge is 0.171 e. The number of hydrogen-bond donors (Lipinski definition) is 0. The lowest BCUT2D eigenvalue weighted by Gasteiger charge is -2.02. The summed E-state index contributed by atoms with van der Waals surface area (Å²) in [5.41, 5.74) is 0.693. The molecule has 1 aromatic heterocycles. The highest BCUT2D eigenvalue weighted by Crippen LogP contribution is 2.17. The van der Waals surface area contributed by atoms with Crippen molar-refractivity contribution >= 4 is 5.78 Å². The Labute approximate surface area is 76.5 Å². The van der Waals surface area contributed by atoms with Gasteiger partial charge in [-0.05, 0) is 6.42 Å². The summed E-state index contributed by atoms with van der Waals surface area (Å²) in [5.74, 6) is 0.204. The summed E-state index contributed by atoms with van der Waals surface area (Å²) < 4.78 is 6.80. The zero-order valence-corrected chi connectivity index (χ0v) is 7.56. The molecule has 13 heavy (non-hydrogen) atoms. The summed E-state index contributed by atoms with van der Waals surface area (Å²) in [4.78, 5) is 11.7. The molecule has 1 unspecified atom stereocenters. The molecule has 0 aliphatic carbocycles. The number of ketones is 1. The summed E-state index contributed by atoms with van der Waals surface area (Å²) >= 11 is 0. The zero-order valence-electron chi connectivity index (χ0n) is 7.56. The third-order valence-electron chi connectivity index (χ3n) is 2.29. The van der Waals surface area contributed by atoms with E-state index in [2.05, 4.69) is 5.10 Å². The standard InChI is InChI=1S/C9H12N2O2/c1-11-5-8(4-10-11)9(12)7-2-3-13-6-7/h4-5,7H,2-3,6H2,1H3. The van der Waals surface area contributed by atoms with E-state index in [0.29, 0.717) is 18.8 Å². The Balaban J connectivity index is 2.12. The van der Waals surface area contributed by atoms with Crippen molar-refractivity contribution in [2.24, 2.45) is 13.0 Å². The van der Waals surface area contributed by atoms with Crippen LogP contribution in [0.25, 0.3) is 0 Å². The highest BCUT2D eigenvalue weighted by molar-refractivity contribution is 5.97. The highest BCUT2D eigenvalue weighted by atomic mass is 16.5. The number of carbonyl (C=O) groups excluding carboxylic acids is 1.